The summed E-state index contributed by atoms with van der Waals surface area (Å²) >= 11 is 0. The maximum atomic E-state index is 11.5. The third-order valence-corrected chi connectivity index (χ3v) is 5.16. The molecule has 0 amide bonds. The fraction of sp³-hybridized carbons (Fsp3) is 1.00. The van der Waals surface area contributed by atoms with Crippen LogP contribution < -0.4 is 5.32 Å². The number of aliphatic hydroxyl groups is 1. The van der Waals surface area contributed by atoms with Crippen molar-refractivity contribution in [2.45, 2.75) is 45.6 Å². The number of nitrogens with one attached hydrogen (secondary N) is 1. The first kappa shape index (κ1) is 14.9. The summed E-state index contributed by atoms with van der Waals surface area (Å²) in [6.45, 7) is 5.33. The van der Waals surface area contributed by atoms with Crippen LogP contribution in [0.3, 0.4) is 0 Å². The molecule has 1 aliphatic rings. The van der Waals surface area contributed by atoms with Crippen molar-refractivity contribution in [2.24, 2.45) is 5.41 Å². The summed E-state index contributed by atoms with van der Waals surface area (Å²) in [5.41, 5.74) is 0.115. The van der Waals surface area contributed by atoms with Crippen LogP contribution in [0.5, 0.6) is 0 Å². The molecule has 5 heteroatoms. The van der Waals surface area contributed by atoms with Crippen molar-refractivity contribution in [1.29, 1.82) is 0 Å². The second kappa shape index (κ2) is 6.16. The normalized spacial score (nSPS) is 24.8. The van der Waals surface area contributed by atoms with E-state index >= 15 is 0 Å². The first-order valence-corrected chi connectivity index (χ1v) is 8.21. The van der Waals surface area contributed by atoms with Crippen LogP contribution in [0, 0.1) is 5.41 Å². The molecular weight excluding hydrogens is 238 g/mol. The van der Waals surface area contributed by atoms with Gasteiger partial charge in [0.2, 0.25) is 0 Å². The molecule has 0 bridgehead atoms. The molecule has 0 radical (unpaired) electrons. The molecule has 0 aromatic heterocycles. The molecule has 0 saturated carbocycles. The first-order chi connectivity index (χ1) is 7.85. The highest BCUT2D eigenvalue weighted by Crippen LogP contribution is 2.22. The van der Waals surface area contributed by atoms with E-state index in [0.717, 1.165) is 32.2 Å². The lowest BCUT2D eigenvalue weighted by Gasteiger charge is -2.30. The van der Waals surface area contributed by atoms with Crippen LogP contribution in [0.4, 0.5) is 0 Å². The van der Waals surface area contributed by atoms with E-state index in [0.29, 0.717) is 5.75 Å². The summed E-state index contributed by atoms with van der Waals surface area (Å²) < 4.78 is 23.0. The van der Waals surface area contributed by atoms with Crippen LogP contribution in [0.15, 0.2) is 0 Å². The van der Waals surface area contributed by atoms with Gasteiger partial charge in [-0.25, -0.2) is 8.42 Å². The van der Waals surface area contributed by atoms with Gasteiger partial charge in [-0.3, -0.25) is 0 Å². The van der Waals surface area contributed by atoms with E-state index in [4.69, 9.17) is 5.11 Å². The van der Waals surface area contributed by atoms with E-state index < -0.39 is 9.84 Å². The minimum atomic E-state index is -2.82. The number of sulfone groups is 1. The Bertz CT molecular complexity index is 325. The minimum Gasteiger partial charge on any atom is -0.396 e. The monoisotopic (exact) mass is 263 g/mol. The third kappa shape index (κ3) is 5.84. The van der Waals surface area contributed by atoms with Crippen molar-refractivity contribution in [3.8, 4) is 0 Å². The molecule has 1 atom stereocenters. The molecule has 0 spiro atoms. The van der Waals surface area contributed by atoms with Gasteiger partial charge < -0.3 is 10.4 Å². The zero-order chi connectivity index (χ0) is 12.9. The molecule has 4 nitrogen and oxygen atoms in total. The van der Waals surface area contributed by atoms with Gasteiger partial charge in [-0.15, -0.1) is 0 Å². The van der Waals surface area contributed by atoms with E-state index in [1.54, 1.807) is 0 Å². The molecule has 17 heavy (non-hydrogen) atoms. The van der Waals surface area contributed by atoms with E-state index in [-0.39, 0.29) is 23.8 Å². The van der Waals surface area contributed by atoms with Crippen LogP contribution >= 0.6 is 0 Å². The lowest BCUT2D eigenvalue weighted by molar-refractivity contribution is 0.231. The van der Waals surface area contributed by atoms with Crippen molar-refractivity contribution < 1.29 is 13.5 Å². The lowest BCUT2D eigenvalue weighted by Crippen LogP contribution is -2.44. The van der Waals surface area contributed by atoms with Crippen molar-refractivity contribution in [2.75, 3.05) is 24.7 Å². The molecule has 1 fully saturated rings. The highest BCUT2D eigenvalue weighted by atomic mass is 32.2. The molecule has 2 N–H and O–H groups in total. The topological polar surface area (TPSA) is 66.4 Å². The molecule has 102 valence electrons. The summed E-state index contributed by atoms with van der Waals surface area (Å²) in [6.07, 6.45) is 3.49. The van der Waals surface area contributed by atoms with Gasteiger partial charge >= 0.3 is 0 Å². The molecule has 1 rings (SSSR count). The Balaban J connectivity index is 2.34. The Hall–Kier alpha value is -0.130. The van der Waals surface area contributed by atoms with E-state index in [2.05, 4.69) is 19.2 Å². The average Bonchev–Trinajstić information content (AvgIpc) is 2.23. The molecule has 0 aromatic rings. The quantitative estimate of drug-likeness (QED) is 0.749. The Labute approximate surface area is 105 Å². The SMILES string of the molecule is CC(C)(CCCO)CNC1CCCS(=O)(=O)C1. The second-order valence-corrected chi connectivity index (χ2v) is 8.05. The lowest BCUT2D eigenvalue weighted by atomic mass is 9.87. The maximum Gasteiger partial charge on any atom is 0.151 e. The molecule has 0 aromatic carbocycles. The van der Waals surface area contributed by atoms with E-state index in [1.165, 1.54) is 0 Å². The van der Waals surface area contributed by atoms with Crippen LogP contribution in [0.1, 0.15) is 39.5 Å². The molecule has 1 unspecified atom stereocenters. The van der Waals surface area contributed by atoms with Gasteiger partial charge in [-0.2, -0.15) is 0 Å². The zero-order valence-electron chi connectivity index (χ0n) is 10.9. The molecule has 1 saturated heterocycles. The van der Waals surface area contributed by atoms with Gasteiger partial charge in [0.25, 0.3) is 0 Å². The first-order valence-electron chi connectivity index (χ1n) is 6.39. The number of rotatable bonds is 6. The Morgan fingerprint density at radius 2 is 2.12 bits per heavy atom. The third-order valence-electron chi connectivity index (χ3n) is 3.34. The maximum absolute atomic E-state index is 11.5. The van der Waals surface area contributed by atoms with Crippen molar-refractivity contribution in [3.05, 3.63) is 0 Å². The van der Waals surface area contributed by atoms with Crippen LogP contribution in [0.2, 0.25) is 0 Å². The Kier molecular flexibility index (Phi) is 5.41. The summed E-state index contributed by atoms with van der Waals surface area (Å²) in [4.78, 5) is 0. The predicted octanol–water partition coefficient (Wildman–Crippen LogP) is 0.952. The summed E-state index contributed by atoms with van der Waals surface area (Å²) in [5.74, 6) is 0.627. The van der Waals surface area contributed by atoms with E-state index in [1.807, 2.05) is 0 Å². The van der Waals surface area contributed by atoms with E-state index in [9.17, 15) is 8.42 Å². The van der Waals surface area contributed by atoms with Gasteiger partial charge in [0.1, 0.15) is 0 Å². The summed E-state index contributed by atoms with van der Waals surface area (Å²) in [5, 5.41) is 12.2. The number of hydrogen-bond donors (Lipinski definition) is 2. The standard InChI is InChI=1S/C12H25NO3S/c1-12(2,6-4-7-14)10-13-11-5-3-8-17(15,16)9-11/h11,13-14H,3-10H2,1-2H3. The van der Waals surface area contributed by atoms with Crippen LogP contribution in [0.25, 0.3) is 0 Å². The van der Waals surface area contributed by atoms with Crippen LogP contribution in [-0.4, -0.2) is 44.2 Å². The Morgan fingerprint density at radius 3 is 2.71 bits per heavy atom. The summed E-state index contributed by atoms with van der Waals surface area (Å²) in [6, 6.07) is 0.113. The van der Waals surface area contributed by atoms with Gasteiger partial charge in [0, 0.05) is 19.2 Å². The highest BCUT2D eigenvalue weighted by molar-refractivity contribution is 7.91. The second-order valence-electron chi connectivity index (χ2n) is 5.83. The smallest absolute Gasteiger partial charge is 0.151 e. The molecule has 1 heterocycles. The van der Waals surface area contributed by atoms with Crippen molar-refractivity contribution in [3.63, 3.8) is 0 Å². The zero-order valence-corrected chi connectivity index (χ0v) is 11.7. The average molecular weight is 263 g/mol. The van der Waals surface area contributed by atoms with Crippen molar-refractivity contribution in [1.82, 2.24) is 5.32 Å². The molecular formula is C12H25NO3S. The van der Waals surface area contributed by atoms with Gasteiger partial charge in [-0.1, -0.05) is 13.8 Å². The minimum absolute atomic E-state index is 0.113. The molecule has 1 aliphatic heterocycles. The Morgan fingerprint density at radius 1 is 1.41 bits per heavy atom. The number of aliphatic hydroxyl groups excluding tert-OH is 1. The summed E-state index contributed by atoms with van der Waals surface area (Å²) in [7, 11) is -2.82. The predicted molar refractivity (Wildman–Crippen MR) is 69.8 cm³/mol. The fourth-order valence-electron chi connectivity index (χ4n) is 2.25. The molecule has 0 aliphatic carbocycles. The van der Waals surface area contributed by atoms with Gasteiger partial charge in [0.15, 0.2) is 9.84 Å². The van der Waals surface area contributed by atoms with Gasteiger partial charge in [0.05, 0.1) is 11.5 Å². The van der Waals surface area contributed by atoms with Crippen molar-refractivity contribution >= 4 is 9.84 Å². The van der Waals surface area contributed by atoms with Crippen LogP contribution in [-0.2, 0) is 9.84 Å². The largest absolute Gasteiger partial charge is 0.396 e. The van der Waals surface area contributed by atoms with Gasteiger partial charge in [-0.05, 0) is 31.1 Å². The fourth-order valence-corrected chi connectivity index (χ4v) is 3.92. The number of hydrogen-bond acceptors (Lipinski definition) is 4. The highest BCUT2D eigenvalue weighted by Gasteiger charge is 2.26.